The van der Waals surface area contributed by atoms with Gasteiger partial charge in [-0.15, -0.1) is 0 Å². The Labute approximate surface area is 185 Å². The number of aromatic nitrogens is 2. The molecule has 0 radical (unpaired) electrons. The molecular weight excluding hydrogens is 362 g/mol. The summed E-state index contributed by atoms with van der Waals surface area (Å²) in [5.41, 5.74) is 3.06. The Balaban J connectivity index is 0.00000156. The number of hydrogen-bond donors (Lipinski definition) is 2. The van der Waals surface area contributed by atoms with E-state index in [0.29, 0.717) is 17.6 Å². The van der Waals surface area contributed by atoms with Crippen LogP contribution in [0, 0.1) is 18.9 Å². The van der Waals surface area contributed by atoms with E-state index in [9.17, 15) is 5.02 Å². The average molecular weight is 382 g/mol. The van der Waals surface area contributed by atoms with E-state index in [-0.39, 0.29) is 58.2 Å². The second kappa shape index (κ2) is 7.10. The molecule has 1 saturated heterocycles. The van der Waals surface area contributed by atoms with Gasteiger partial charge in [0, 0.05) is 17.1 Å². The van der Waals surface area contributed by atoms with E-state index in [4.69, 9.17) is 4.65 Å². The molecule has 2 unspecified atom stereocenters. The molecule has 0 amide bonds. The van der Waals surface area contributed by atoms with Gasteiger partial charge in [0.25, 0.3) is 0 Å². The van der Waals surface area contributed by atoms with Gasteiger partial charge in [0.15, 0.2) is 0 Å². The van der Waals surface area contributed by atoms with E-state index < -0.39 is 7.12 Å². The minimum Gasteiger partial charge on any atom is -0.531 e. The second-order valence-corrected chi connectivity index (χ2v) is 6.32. The molecule has 0 bridgehead atoms. The van der Waals surface area contributed by atoms with Gasteiger partial charge in [-0.1, -0.05) is 6.92 Å². The van der Waals surface area contributed by atoms with Crippen molar-refractivity contribution in [3.05, 3.63) is 37.0 Å². The van der Waals surface area contributed by atoms with Crippen LogP contribution in [0.15, 0.2) is 24.4 Å². The Bertz CT molecular complexity index is 748. The van der Waals surface area contributed by atoms with Gasteiger partial charge in [0.1, 0.15) is 11.4 Å². The quantitative estimate of drug-likeness (QED) is 0.497. The fraction of sp³-hybridized carbons (Fsp3) is 0.375. The molecule has 0 spiro atoms. The molecule has 4 heterocycles. The maximum absolute atomic E-state index is 10.1. The first-order valence-corrected chi connectivity index (χ1v) is 7.72. The van der Waals surface area contributed by atoms with Crippen molar-refractivity contribution in [2.75, 3.05) is 13.1 Å². The van der Waals surface area contributed by atoms with E-state index >= 15 is 0 Å². The zero-order valence-electron chi connectivity index (χ0n) is 13.6. The van der Waals surface area contributed by atoms with E-state index in [1.54, 1.807) is 6.20 Å². The number of nitrogens with one attached hydrogen (secondary N) is 1. The molecule has 4 rings (SSSR count). The summed E-state index contributed by atoms with van der Waals surface area (Å²) >= 11 is 0. The number of piperidine rings is 1. The molecule has 1 fully saturated rings. The molecule has 2 aromatic heterocycles. The third-order valence-corrected chi connectivity index (χ3v) is 4.85. The Morgan fingerprint density at radius 2 is 2.35 bits per heavy atom. The van der Waals surface area contributed by atoms with E-state index in [0.717, 1.165) is 41.7 Å². The SMILES string of the molecule is [CH2-]N1CCC(C)C(C2=CB(O)Oc3cnc4[nH]ccc4c32)C1.[Rb+]. The third-order valence-electron chi connectivity index (χ3n) is 4.85. The molecule has 2 aromatic rings. The van der Waals surface area contributed by atoms with Crippen molar-refractivity contribution in [3.63, 3.8) is 0 Å². The largest absolute Gasteiger partial charge is 1.00 e. The first kappa shape index (κ1) is 17.8. The number of likely N-dealkylation sites (tertiary alicyclic amines) is 1. The number of H-pyrrole nitrogens is 1. The Hall–Kier alpha value is 0.0201. The minimum absolute atomic E-state index is 0. The molecule has 0 aromatic carbocycles. The third kappa shape index (κ3) is 3.26. The summed E-state index contributed by atoms with van der Waals surface area (Å²) in [4.78, 5) is 9.62. The van der Waals surface area contributed by atoms with Crippen LogP contribution in [-0.2, 0) is 0 Å². The van der Waals surface area contributed by atoms with Gasteiger partial charge in [0.05, 0.1) is 6.20 Å². The van der Waals surface area contributed by atoms with Gasteiger partial charge in [-0.25, -0.2) is 4.98 Å². The fourth-order valence-corrected chi connectivity index (χ4v) is 3.63. The monoisotopic (exact) mass is 381 g/mol. The van der Waals surface area contributed by atoms with Crippen molar-refractivity contribution >= 4 is 23.7 Å². The Kier molecular flexibility index (Phi) is 5.50. The first-order chi connectivity index (χ1) is 10.6. The molecule has 2 atom stereocenters. The summed E-state index contributed by atoms with van der Waals surface area (Å²) < 4.78 is 5.57. The van der Waals surface area contributed by atoms with Gasteiger partial charge in [-0.05, 0) is 49.0 Å². The van der Waals surface area contributed by atoms with Crippen LogP contribution in [-0.4, -0.2) is 40.1 Å². The molecule has 2 N–H and O–H groups in total. The van der Waals surface area contributed by atoms with Gasteiger partial charge in [-0.2, -0.15) is 0 Å². The van der Waals surface area contributed by atoms with Crippen molar-refractivity contribution in [1.29, 1.82) is 0 Å². The summed E-state index contributed by atoms with van der Waals surface area (Å²) in [6.45, 7) is 4.19. The van der Waals surface area contributed by atoms with Crippen molar-refractivity contribution in [1.82, 2.24) is 14.9 Å². The summed E-state index contributed by atoms with van der Waals surface area (Å²) in [7, 11) is 3.19. The van der Waals surface area contributed by atoms with Crippen LogP contribution < -0.4 is 62.8 Å². The van der Waals surface area contributed by atoms with E-state index in [2.05, 4.69) is 28.8 Å². The summed E-state index contributed by atoms with van der Waals surface area (Å²) in [6.07, 6.45) is 4.69. The molecule has 114 valence electrons. The zero-order chi connectivity index (χ0) is 15.3. The number of rotatable bonds is 1. The molecule has 2 aliphatic rings. The number of aromatic amines is 1. The molecule has 5 nitrogen and oxygen atoms in total. The maximum Gasteiger partial charge on any atom is 1.00 e. The van der Waals surface area contributed by atoms with Crippen LogP contribution >= 0.6 is 0 Å². The number of fused-ring (bicyclic) bond motifs is 3. The van der Waals surface area contributed by atoms with Crippen molar-refractivity contribution in [3.8, 4) is 5.75 Å². The molecule has 23 heavy (non-hydrogen) atoms. The van der Waals surface area contributed by atoms with Crippen molar-refractivity contribution in [2.24, 2.45) is 11.8 Å². The number of hydrogen-bond acceptors (Lipinski definition) is 4. The Morgan fingerprint density at radius 3 is 3.17 bits per heavy atom. The van der Waals surface area contributed by atoms with Crippen LogP contribution in [0.5, 0.6) is 5.75 Å². The fourth-order valence-electron chi connectivity index (χ4n) is 3.63. The van der Waals surface area contributed by atoms with Crippen LogP contribution in [0.3, 0.4) is 0 Å². The normalized spacial score (nSPS) is 24.7. The molecule has 0 aliphatic carbocycles. The second-order valence-electron chi connectivity index (χ2n) is 6.32. The maximum atomic E-state index is 10.1. The van der Waals surface area contributed by atoms with Crippen molar-refractivity contribution < 1.29 is 67.9 Å². The number of nitrogens with zero attached hydrogens (tertiary/aromatic N) is 2. The van der Waals surface area contributed by atoms with Crippen LogP contribution in [0.4, 0.5) is 0 Å². The van der Waals surface area contributed by atoms with Gasteiger partial charge in [0.2, 0.25) is 0 Å². The summed E-state index contributed by atoms with van der Waals surface area (Å²) in [6, 6.07) is 2.02. The van der Waals surface area contributed by atoms with Gasteiger partial charge in [-0.3, -0.25) is 7.05 Å². The minimum atomic E-state index is -0.909. The van der Waals surface area contributed by atoms with Gasteiger partial charge < -0.3 is 19.6 Å². The van der Waals surface area contributed by atoms with Gasteiger partial charge >= 0.3 is 65.3 Å². The predicted molar refractivity (Wildman–Crippen MR) is 86.9 cm³/mol. The standard InChI is InChI=1S/C16H19BN3O2.Rb/c1-10-4-6-20(2)9-13(10)12-7-17(21)22-14-8-19-16-11(15(12)14)3-5-18-16;/h3,5,7-8,10,13,21H,2,4,6,9H2,1H3,(H,18,19);/q-1;+1. The zero-order valence-corrected chi connectivity index (χ0v) is 18.5. The Morgan fingerprint density at radius 1 is 1.52 bits per heavy atom. The van der Waals surface area contributed by atoms with Crippen LogP contribution in [0.1, 0.15) is 18.9 Å². The number of pyridine rings is 1. The average Bonchev–Trinajstić information content (AvgIpc) is 2.97. The van der Waals surface area contributed by atoms with Crippen molar-refractivity contribution in [2.45, 2.75) is 13.3 Å². The molecular formula is C16H19BN3O2Rb. The summed E-state index contributed by atoms with van der Waals surface area (Å²) in [5, 5.41) is 11.1. The van der Waals surface area contributed by atoms with E-state index in [1.807, 2.05) is 18.2 Å². The predicted octanol–water partition coefficient (Wildman–Crippen LogP) is -0.888. The smallest absolute Gasteiger partial charge is 0.531 e. The van der Waals surface area contributed by atoms with Crippen LogP contribution in [0.2, 0.25) is 0 Å². The first-order valence-electron chi connectivity index (χ1n) is 7.72. The molecule has 7 heteroatoms. The van der Waals surface area contributed by atoms with E-state index in [1.165, 1.54) is 0 Å². The molecule has 0 saturated carbocycles. The molecule has 2 aliphatic heterocycles. The summed E-state index contributed by atoms with van der Waals surface area (Å²) in [5.74, 6) is 3.38. The topological polar surface area (TPSA) is 61.4 Å². The van der Waals surface area contributed by atoms with Crippen LogP contribution in [0.25, 0.3) is 16.6 Å².